The molecule has 2 aliphatic heterocycles. The van der Waals surface area contributed by atoms with Gasteiger partial charge in [-0.15, -0.1) is 0 Å². The van der Waals surface area contributed by atoms with E-state index in [4.69, 9.17) is 4.74 Å². The molecule has 1 saturated heterocycles. The van der Waals surface area contributed by atoms with E-state index in [1.54, 1.807) is 17.0 Å². The molecule has 0 radical (unpaired) electrons. The van der Waals surface area contributed by atoms with Gasteiger partial charge in [-0.2, -0.15) is 0 Å². The minimum Gasteiger partial charge on any atom is -0.482 e. The lowest BCUT2D eigenvalue weighted by Crippen LogP contribution is -2.48. The Labute approximate surface area is 152 Å². The number of benzene rings is 1. The van der Waals surface area contributed by atoms with E-state index in [0.717, 1.165) is 19.3 Å². The third kappa shape index (κ3) is 4.15. The van der Waals surface area contributed by atoms with Gasteiger partial charge < -0.3 is 14.4 Å². The highest BCUT2D eigenvalue weighted by Gasteiger charge is 2.30. The minimum atomic E-state index is -0.204. The van der Waals surface area contributed by atoms with E-state index < -0.39 is 0 Å². The number of methoxy groups -OCH3 is 1. The Morgan fingerprint density at radius 1 is 1.23 bits per heavy atom. The molecule has 140 valence electrons. The summed E-state index contributed by atoms with van der Waals surface area (Å²) in [6.45, 7) is 1.31. The zero-order valence-electron chi connectivity index (χ0n) is 15.0. The Kier molecular flexibility index (Phi) is 5.75. The number of esters is 1. The zero-order chi connectivity index (χ0) is 18.5. The van der Waals surface area contributed by atoms with Crippen LogP contribution < -0.4 is 9.64 Å². The molecule has 0 atom stereocenters. The first-order valence-corrected chi connectivity index (χ1v) is 8.95. The van der Waals surface area contributed by atoms with Crippen LogP contribution in [0.1, 0.15) is 25.7 Å². The van der Waals surface area contributed by atoms with Crippen molar-refractivity contribution in [2.24, 2.45) is 5.92 Å². The van der Waals surface area contributed by atoms with Crippen LogP contribution in [0.4, 0.5) is 5.69 Å². The lowest BCUT2D eigenvalue weighted by Gasteiger charge is -2.34. The number of fused-ring (bicyclic) bond motifs is 1. The Morgan fingerprint density at radius 3 is 2.69 bits per heavy atom. The fourth-order valence-electron chi connectivity index (χ4n) is 3.46. The highest BCUT2D eigenvalue weighted by Crippen LogP contribution is 2.31. The summed E-state index contributed by atoms with van der Waals surface area (Å²) >= 11 is 0. The van der Waals surface area contributed by atoms with Gasteiger partial charge in [-0.05, 0) is 37.3 Å². The summed E-state index contributed by atoms with van der Waals surface area (Å²) in [6, 6.07) is 7.25. The van der Waals surface area contributed by atoms with Gasteiger partial charge in [0.25, 0.3) is 5.91 Å². The average molecular weight is 360 g/mol. The molecule has 0 aromatic heterocycles. The molecule has 0 aliphatic carbocycles. The van der Waals surface area contributed by atoms with Crippen molar-refractivity contribution < 1.29 is 23.9 Å². The monoisotopic (exact) mass is 360 g/mol. The van der Waals surface area contributed by atoms with Crippen molar-refractivity contribution in [1.29, 1.82) is 0 Å². The third-order valence-electron chi connectivity index (χ3n) is 5.05. The van der Waals surface area contributed by atoms with E-state index in [0.29, 0.717) is 36.9 Å². The highest BCUT2D eigenvalue weighted by molar-refractivity contribution is 6.02. The summed E-state index contributed by atoms with van der Waals surface area (Å²) in [5.74, 6) is 0.616. The normalized spacial score (nSPS) is 17.5. The number of anilines is 1. The van der Waals surface area contributed by atoms with E-state index in [-0.39, 0.29) is 30.9 Å². The maximum absolute atomic E-state index is 12.7. The van der Waals surface area contributed by atoms with Crippen LogP contribution in [-0.2, 0) is 19.1 Å². The second kappa shape index (κ2) is 8.21. The highest BCUT2D eigenvalue weighted by atomic mass is 16.5. The molecule has 3 rings (SSSR count). The molecule has 2 heterocycles. The lowest BCUT2D eigenvalue weighted by atomic mass is 9.92. The van der Waals surface area contributed by atoms with Crippen molar-refractivity contribution in [1.82, 2.24) is 4.90 Å². The molecule has 7 heteroatoms. The van der Waals surface area contributed by atoms with Gasteiger partial charge in [0, 0.05) is 19.5 Å². The number of rotatable bonds is 5. The van der Waals surface area contributed by atoms with Gasteiger partial charge >= 0.3 is 5.97 Å². The molecular formula is C19H24N2O5. The number of amides is 2. The first kappa shape index (κ1) is 18.2. The van der Waals surface area contributed by atoms with E-state index >= 15 is 0 Å². The number of para-hydroxylation sites is 2. The van der Waals surface area contributed by atoms with E-state index in [2.05, 4.69) is 4.74 Å². The maximum Gasteiger partial charge on any atom is 0.305 e. The van der Waals surface area contributed by atoms with Crippen LogP contribution in [0.25, 0.3) is 0 Å². The first-order chi connectivity index (χ1) is 12.6. The fraction of sp³-hybridized carbons (Fsp3) is 0.526. The topological polar surface area (TPSA) is 76.2 Å². The molecule has 2 aliphatic rings. The second-order valence-corrected chi connectivity index (χ2v) is 6.68. The summed E-state index contributed by atoms with van der Waals surface area (Å²) in [6.07, 6.45) is 2.96. The van der Waals surface area contributed by atoms with Gasteiger partial charge in [0.15, 0.2) is 6.61 Å². The van der Waals surface area contributed by atoms with Gasteiger partial charge in [0.2, 0.25) is 5.91 Å². The number of hydrogen-bond donors (Lipinski definition) is 0. The molecule has 1 aromatic carbocycles. The summed E-state index contributed by atoms with van der Waals surface area (Å²) in [5.41, 5.74) is 0.644. The van der Waals surface area contributed by atoms with Crippen molar-refractivity contribution in [2.45, 2.75) is 25.7 Å². The van der Waals surface area contributed by atoms with Crippen LogP contribution in [0.3, 0.4) is 0 Å². The molecule has 26 heavy (non-hydrogen) atoms. The zero-order valence-corrected chi connectivity index (χ0v) is 15.0. The van der Waals surface area contributed by atoms with Crippen molar-refractivity contribution in [3.63, 3.8) is 0 Å². The summed E-state index contributed by atoms with van der Waals surface area (Å²) < 4.78 is 10.1. The Hall–Kier alpha value is -2.57. The van der Waals surface area contributed by atoms with Crippen LogP contribution in [0.15, 0.2) is 24.3 Å². The van der Waals surface area contributed by atoms with Gasteiger partial charge in [-0.25, -0.2) is 0 Å². The second-order valence-electron chi connectivity index (χ2n) is 6.68. The van der Waals surface area contributed by atoms with E-state index in [9.17, 15) is 14.4 Å². The minimum absolute atomic E-state index is 0.0338. The number of piperidine rings is 1. The smallest absolute Gasteiger partial charge is 0.305 e. The Morgan fingerprint density at radius 2 is 1.96 bits per heavy atom. The van der Waals surface area contributed by atoms with Crippen molar-refractivity contribution in [2.75, 3.05) is 38.3 Å². The molecular weight excluding hydrogens is 336 g/mol. The average Bonchev–Trinajstić information content (AvgIpc) is 2.68. The van der Waals surface area contributed by atoms with E-state index in [1.165, 1.54) is 12.0 Å². The van der Waals surface area contributed by atoms with Crippen LogP contribution in [0.2, 0.25) is 0 Å². The summed E-state index contributed by atoms with van der Waals surface area (Å²) in [4.78, 5) is 39.4. The number of hydrogen-bond acceptors (Lipinski definition) is 5. The quantitative estimate of drug-likeness (QED) is 0.746. The van der Waals surface area contributed by atoms with Gasteiger partial charge in [-0.3, -0.25) is 19.3 Å². The van der Waals surface area contributed by atoms with Crippen molar-refractivity contribution in [3.8, 4) is 5.75 Å². The van der Waals surface area contributed by atoms with Crippen molar-refractivity contribution >= 4 is 23.5 Å². The number of carbonyl (C=O) groups excluding carboxylic acids is 3. The van der Waals surface area contributed by atoms with Gasteiger partial charge in [0.05, 0.1) is 12.8 Å². The van der Waals surface area contributed by atoms with Crippen LogP contribution >= 0.6 is 0 Å². The van der Waals surface area contributed by atoms with Gasteiger partial charge in [-0.1, -0.05) is 12.1 Å². The molecule has 0 N–H and O–H groups in total. The van der Waals surface area contributed by atoms with Crippen LogP contribution in [0.5, 0.6) is 5.75 Å². The predicted octanol–water partition coefficient (Wildman–Crippen LogP) is 1.60. The van der Waals surface area contributed by atoms with Crippen molar-refractivity contribution in [3.05, 3.63) is 24.3 Å². The largest absolute Gasteiger partial charge is 0.482 e. The van der Waals surface area contributed by atoms with Gasteiger partial charge in [0.1, 0.15) is 12.3 Å². The first-order valence-electron chi connectivity index (χ1n) is 8.95. The standard InChI is InChI=1S/C19H24N2O5/c1-25-19(24)7-6-14-8-10-20(11-9-14)17(22)12-21-15-4-2-3-5-16(15)26-13-18(21)23/h2-5,14H,6-13H2,1H3. The Bertz CT molecular complexity index is 682. The molecule has 0 spiro atoms. The molecule has 0 saturated carbocycles. The number of carbonyl (C=O) groups is 3. The lowest BCUT2D eigenvalue weighted by molar-refractivity contribution is -0.141. The third-order valence-corrected chi connectivity index (χ3v) is 5.05. The summed E-state index contributed by atoms with van der Waals surface area (Å²) in [7, 11) is 1.40. The summed E-state index contributed by atoms with van der Waals surface area (Å²) in [5, 5.41) is 0. The SMILES string of the molecule is COC(=O)CCC1CCN(C(=O)CN2C(=O)COc3ccccc32)CC1. The fourth-order valence-corrected chi connectivity index (χ4v) is 3.46. The molecule has 0 bridgehead atoms. The molecule has 0 unspecified atom stereocenters. The van der Waals surface area contributed by atoms with Crippen LogP contribution in [0, 0.1) is 5.92 Å². The molecule has 7 nitrogen and oxygen atoms in total. The Balaban J connectivity index is 1.53. The molecule has 1 aromatic rings. The number of ether oxygens (including phenoxy) is 2. The molecule has 1 fully saturated rings. The van der Waals surface area contributed by atoms with Crippen LogP contribution in [-0.4, -0.2) is 56.0 Å². The van der Waals surface area contributed by atoms with E-state index in [1.807, 2.05) is 12.1 Å². The number of likely N-dealkylation sites (tertiary alicyclic amines) is 1. The molecule has 2 amide bonds. The predicted molar refractivity (Wildman–Crippen MR) is 94.8 cm³/mol. The maximum atomic E-state index is 12.7. The number of nitrogens with zero attached hydrogens (tertiary/aromatic N) is 2.